The summed E-state index contributed by atoms with van der Waals surface area (Å²) >= 11 is 4.70. The number of benzene rings is 1. The largest absolute Gasteiger partial charge is 0.327 e. The van der Waals surface area contributed by atoms with Crippen molar-refractivity contribution in [2.24, 2.45) is 0 Å². The van der Waals surface area contributed by atoms with Crippen molar-refractivity contribution in [3.05, 3.63) is 54.1 Å². The van der Waals surface area contributed by atoms with Crippen LogP contribution >= 0.6 is 12.6 Å². The van der Waals surface area contributed by atoms with Crippen LogP contribution < -0.4 is 0 Å². The highest BCUT2D eigenvalue weighted by Gasteiger charge is 2.24. The summed E-state index contributed by atoms with van der Waals surface area (Å²) in [5.41, 5.74) is 5.71. The second kappa shape index (κ2) is 5.29. The molecule has 0 spiro atoms. The highest BCUT2D eigenvalue weighted by atomic mass is 32.1. The quantitative estimate of drug-likeness (QED) is 0.721. The minimum Gasteiger partial charge on any atom is -0.327 e. The fourth-order valence-corrected chi connectivity index (χ4v) is 3.54. The standard InChI is InChI=1S/C18H17N3S/c1-12-4-5-14(15(22)11-12)18-17(13-6-8-19-9-7-13)20-16-3-2-10-21(16)18/h4-9,11,22H,2-3,10H2,1H3. The molecular weight excluding hydrogens is 290 g/mol. The molecule has 0 saturated carbocycles. The lowest BCUT2D eigenvalue weighted by Gasteiger charge is -2.11. The topological polar surface area (TPSA) is 30.7 Å². The van der Waals surface area contributed by atoms with Gasteiger partial charge in [0.05, 0.1) is 11.4 Å². The molecule has 3 nitrogen and oxygen atoms in total. The molecule has 0 aliphatic carbocycles. The Labute approximate surface area is 135 Å². The maximum atomic E-state index is 4.90. The molecule has 4 rings (SSSR count). The molecule has 0 atom stereocenters. The maximum Gasteiger partial charge on any atom is 0.109 e. The number of aromatic nitrogens is 3. The van der Waals surface area contributed by atoms with Gasteiger partial charge in [0.15, 0.2) is 0 Å². The van der Waals surface area contributed by atoms with E-state index in [1.54, 1.807) is 0 Å². The van der Waals surface area contributed by atoms with E-state index in [4.69, 9.17) is 17.6 Å². The second-order valence-corrected chi connectivity index (χ2v) is 6.22. The summed E-state index contributed by atoms with van der Waals surface area (Å²) in [7, 11) is 0. The zero-order valence-corrected chi connectivity index (χ0v) is 13.3. The summed E-state index contributed by atoms with van der Waals surface area (Å²) < 4.78 is 2.35. The maximum absolute atomic E-state index is 4.90. The summed E-state index contributed by atoms with van der Waals surface area (Å²) in [5, 5.41) is 0. The summed E-state index contributed by atoms with van der Waals surface area (Å²) in [6, 6.07) is 10.5. The van der Waals surface area contributed by atoms with Crippen molar-refractivity contribution in [1.82, 2.24) is 14.5 Å². The number of hydrogen-bond donors (Lipinski definition) is 1. The average molecular weight is 307 g/mol. The Morgan fingerprint density at radius 1 is 1.14 bits per heavy atom. The molecule has 1 aromatic carbocycles. The van der Waals surface area contributed by atoms with Gasteiger partial charge in [-0.05, 0) is 37.1 Å². The van der Waals surface area contributed by atoms with Gasteiger partial charge < -0.3 is 4.57 Å². The third kappa shape index (κ3) is 2.15. The van der Waals surface area contributed by atoms with Gasteiger partial charge in [-0.2, -0.15) is 0 Å². The number of imidazole rings is 1. The molecule has 0 radical (unpaired) electrons. The lowest BCUT2D eigenvalue weighted by atomic mass is 10.0. The first-order valence-corrected chi connectivity index (χ1v) is 7.98. The smallest absolute Gasteiger partial charge is 0.109 e. The fraction of sp³-hybridized carbons (Fsp3) is 0.222. The van der Waals surface area contributed by atoms with Crippen molar-refractivity contribution in [2.75, 3.05) is 0 Å². The number of hydrogen-bond acceptors (Lipinski definition) is 3. The number of thiol groups is 1. The molecule has 3 aromatic rings. The van der Waals surface area contributed by atoms with Gasteiger partial charge in [0, 0.05) is 41.4 Å². The monoisotopic (exact) mass is 307 g/mol. The van der Waals surface area contributed by atoms with Crippen LogP contribution in [0.2, 0.25) is 0 Å². The van der Waals surface area contributed by atoms with Gasteiger partial charge in [0.1, 0.15) is 5.82 Å². The Morgan fingerprint density at radius 3 is 2.73 bits per heavy atom. The van der Waals surface area contributed by atoms with Crippen LogP contribution in [0.3, 0.4) is 0 Å². The molecular formula is C18H17N3S. The minimum atomic E-state index is 1.00. The molecule has 1 aliphatic rings. The van der Waals surface area contributed by atoms with E-state index in [1.807, 2.05) is 24.5 Å². The van der Waals surface area contributed by atoms with Crippen LogP contribution in [0, 0.1) is 6.92 Å². The van der Waals surface area contributed by atoms with Gasteiger partial charge in [-0.3, -0.25) is 4.98 Å². The predicted octanol–water partition coefficient (Wildman–Crippen LogP) is 4.16. The zero-order valence-electron chi connectivity index (χ0n) is 12.5. The molecule has 4 heteroatoms. The van der Waals surface area contributed by atoms with E-state index in [2.05, 4.69) is 34.7 Å². The van der Waals surface area contributed by atoms with Gasteiger partial charge in [-0.25, -0.2) is 4.98 Å². The fourth-order valence-electron chi connectivity index (χ4n) is 3.15. The van der Waals surface area contributed by atoms with Crippen LogP contribution in [-0.4, -0.2) is 14.5 Å². The number of nitrogens with zero attached hydrogens (tertiary/aromatic N) is 3. The summed E-state index contributed by atoms with van der Waals surface area (Å²) in [6.45, 7) is 3.12. The van der Waals surface area contributed by atoms with Crippen LogP contribution in [0.5, 0.6) is 0 Å². The second-order valence-electron chi connectivity index (χ2n) is 5.74. The Balaban J connectivity index is 1.98. The minimum absolute atomic E-state index is 1.00. The first-order chi connectivity index (χ1) is 10.7. The van der Waals surface area contributed by atoms with Crippen molar-refractivity contribution in [3.63, 3.8) is 0 Å². The molecule has 0 bridgehead atoms. The van der Waals surface area contributed by atoms with Crippen LogP contribution in [0.1, 0.15) is 17.8 Å². The number of rotatable bonds is 2. The van der Waals surface area contributed by atoms with Crippen molar-refractivity contribution in [3.8, 4) is 22.5 Å². The number of aryl methyl sites for hydroxylation is 2. The SMILES string of the molecule is Cc1ccc(-c2c(-c3ccncc3)nc3n2CCC3)c(S)c1. The molecule has 0 fully saturated rings. The van der Waals surface area contributed by atoms with E-state index < -0.39 is 0 Å². The van der Waals surface area contributed by atoms with E-state index in [1.165, 1.54) is 23.5 Å². The lowest BCUT2D eigenvalue weighted by molar-refractivity contribution is 0.755. The van der Waals surface area contributed by atoms with Crippen molar-refractivity contribution in [1.29, 1.82) is 0 Å². The molecule has 1 aliphatic heterocycles. The molecule has 110 valence electrons. The summed E-state index contributed by atoms with van der Waals surface area (Å²) in [6.07, 6.45) is 5.85. The number of pyridine rings is 1. The van der Waals surface area contributed by atoms with Crippen molar-refractivity contribution in [2.45, 2.75) is 31.2 Å². The lowest BCUT2D eigenvalue weighted by Crippen LogP contribution is -1.97. The first kappa shape index (κ1) is 13.6. The van der Waals surface area contributed by atoms with Gasteiger partial charge in [-0.1, -0.05) is 12.1 Å². The van der Waals surface area contributed by atoms with Gasteiger partial charge in [0.25, 0.3) is 0 Å². The van der Waals surface area contributed by atoms with Crippen molar-refractivity contribution >= 4 is 12.6 Å². The number of fused-ring (bicyclic) bond motifs is 1. The molecule has 0 N–H and O–H groups in total. The Kier molecular flexibility index (Phi) is 3.26. The van der Waals surface area contributed by atoms with Crippen LogP contribution in [0.25, 0.3) is 22.5 Å². The van der Waals surface area contributed by atoms with Gasteiger partial charge >= 0.3 is 0 Å². The first-order valence-electron chi connectivity index (χ1n) is 7.54. The Bertz CT molecular complexity index is 837. The van der Waals surface area contributed by atoms with Crippen LogP contribution in [-0.2, 0) is 13.0 Å². The summed E-state index contributed by atoms with van der Waals surface area (Å²) in [5.74, 6) is 1.18. The normalized spacial score (nSPS) is 13.4. The molecule has 0 unspecified atom stereocenters. The third-order valence-corrected chi connectivity index (χ3v) is 4.56. The average Bonchev–Trinajstić information content (AvgIpc) is 3.09. The van der Waals surface area contributed by atoms with E-state index in [9.17, 15) is 0 Å². The van der Waals surface area contributed by atoms with Gasteiger partial charge in [0.2, 0.25) is 0 Å². The predicted molar refractivity (Wildman–Crippen MR) is 91.2 cm³/mol. The van der Waals surface area contributed by atoms with E-state index >= 15 is 0 Å². The Hall–Kier alpha value is -2.07. The van der Waals surface area contributed by atoms with E-state index in [0.717, 1.165) is 34.7 Å². The van der Waals surface area contributed by atoms with Crippen LogP contribution in [0.15, 0.2) is 47.6 Å². The third-order valence-electron chi connectivity index (χ3n) is 4.19. The summed E-state index contributed by atoms with van der Waals surface area (Å²) in [4.78, 5) is 10.0. The molecule has 0 amide bonds. The van der Waals surface area contributed by atoms with E-state index in [0.29, 0.717) is 0 Å². The highest BCUT2D eigenvalue weighted by Crippen LogP contribution is 2.38. The zero-order chi connectivity index (χ0) is 15.1. The van der Waals surface area contributed by atoms with E-state index in [-0.39, 0.29) is 0 Å². The van der Waals surface area contributed by atoms with Gasteiger partial charge in [-0.15, -0.1) is 12.6 Å². The Morgan fingerprint density at radius 2 is 1.95 bits per heavy atom. The highest BCUT2D eigenvalue weighted by molar-refractivity contribution is 7.80. The molecule has 2 aromatic heterocycles. The molecule has 3 heterocycles. The molecule has 22 heavy (non-hydrogen) atoms. The van der Waals surface area contributed by atoms with Crippen LogP contribution in [0.4, 0.5) is 0 Å². The molecule has 0 saturated heterocycles. The van der Waals surface area contributed by atoms with Crippen molar-refractivity contribution < 1.29 is 0 Å².